The van der Waals surface area contributed by atoms with Gasteiger partial charge in [-0.15, -0.1) is 11.8 Å². The number of nitrogens with zero attached hydrogens (tertiary/aromatic N) is 2. The topological polar surface area (TPSA) is 57.7 Å². The number of benzene rings is 2. The van der Waals surface area contributed by atoms with Gasteiger partial charge >= 0.3 is 0 Å². The van der Waals surface area contributed by atoms with E-state index in [1.807, 2.05) is 47.4 Å². The quantitative estimate of drug-likeness (QED) is 0.647. The SMILES string of the molecule is CS(=O)(=O)CCN1CCN(C(=O)c2ccc(SCc3ccccc3)cc2)CC1. The predicted molar refractivity (Wildman–Crippen MR) is 114 cm³/mol. The number of hydrogen-bond donors (Lipinski definition) is 0. The minimum Gasteiger partial charge on any atom is -0.336 e. The molecule has 0 radical (unpaired) electrons. The Balaban J connectivity index is 1.48. The molecule has 0 N–H and O–H groups in total. The van der Waals surface area contributed by atoms with Gasteiger partial charge in [0.25, 0.3) is 5.91 Å². The number of hydrogen-bond acceptors (Lipinski definition) is 5. The molecule has 1 aliphatic rings. The van der Waals surface area contributed by atoms with E-state index in [0.717, 1.165) is 10.6 Å². The molecule has 0 spiro atoms. The van der Waals surface area contributed by atoms with Crippen molar-refractivity contribution in [2.75, 3.05) is 44.7 Å². The summed E-state index contributed by atoms with van der Waals surface area (Å²) in [4.78, 5) is 17.8. The number of thioether (sulfide) groups is 1. The van der Waals surface area contributed by atoms with Crippen molar-refractivity contribution in [3.63, 3.8) is 0 Å². The van der Waals surface area contributed by atoms with E-state index in [-0.39, 0.29) is 11.7 Å². The molecule has 1 saturated heterocycles. The molecular formula is C21H26N2O3S2. The van der Waals surface area contributed by atoms with Gasteiger partial charge in [0.1, 0.15) is 9.84 Å². The molecule has 0 unspecified atom stereocenters. The highest BCUT2D eigenvalue weighted by Crippen LogP contribution is 2.23. The second-order valence-electron chi connectivity index (χ2n) is 7.06. The predicted octanol–water partition coefficient (Wildman–Crippen LogP) is 2.78. The van der Waals surface area contributed by atoms with E-state index in [2.05, 4.69) is 17.0 Å². The summed E-state index contributed by atoms with van der Waals surface area (Å²) in [5, 5.41) is 0. The smallest absolute Gasteiger partial charge is 0.253 e. The van der Waals surface area contributed by atoms with Gasteiger partial charge in [-0.05, 0) is 29.8 Å². The molecule has 1 fully saturated rings. The third-order valence-corrected chi connectivity index (χ3v) is 6.79. The summed E-state index contributed by atoms with van der Waals surface area (Å²) >= 11 is 1.76. The van der Waals surface area contributed by atoms with Crippen LogP contribution in [0.25, 0.3) is 0 Å². The monoisotopic (exact) mass is 418 g/mol. The fraction of sp³-hybridized carbons (Fsp3) is 0.381. The van der Waals surface area contributed by atoms with Crippen LogP contribution in [0.5, 0.6) is 0 Å². The average Bonchev–Trinajstić information content (AvgIpc) is 2.71. The second-order valence-corrected chi connectivity index (χ2v) is 10.4. The lowest BCUT2D eigenvalue weighted by atomic mass is 10.2. The first-order valence-electron chi connectivity index (χ1n) is 9.37. The van der Waals surface area contributed by atoms with Crippen molar-refractivity contribution in [1.29, 1.82) is 0 Å². The molecular weight excluding hydrogens is 392 g/mol. The van der Waals surface area contributed by atoms with Crippen LogP contribution in [0, 0.1) is 0 Å². The number of carbonyl (C=O) groups is 1. The van der Waals surface area contributed by atoms with Gasteiger partial charge in [-0.1, -0.05) is 30.3 Å². The van der Waals surface area contributed by atoms with Crippen molar-refractivity contribution in [3.05, 3.63) is 65.7 Å². The second kappa shape index (κ2) is 9.58. The maximum Gasteiger partial charge on any atom is 0.253 e. The summed E-state index contributed by atoms with van der Waals surface area (Å²) in [6.07, 6.45) is 1.26. The minimum absolute atomic E-state index is 0.0439. The summed E-state index contributed by atoms with van der Waals surface area (Å²) in [5.41, 5.74) is 1.98. The zero-order valence-corrected chi connectivity index (χ0v) is 17.7. The number of piperazine rings is 1. The minimum atomic E-state index is -2.95. The third-order valence-electron chi connectivity index (χ3n) is 4.79. The van der Waals surface area contributed by atoms with Crippen LogP contribution < -0.4 is 0 Å². The lowest BCUT2D eigenvalue weighted by Crippen LogP contribution is -2.49. The Labute approximate surface area is 171 Å². The summed E-state index contributed by atoms with van der Waals surface area (Å²) in [7, 11) is -2.95. The van der Waals surface area contributed by atoms with Crippen LogP contribution in [0.3, 0.4) is 0 Å². The molecule has 0 bridgehead atoms. The van der Waals surface area contributed by atoms with Crippen molar-refractivity contribution >= 4 is 27.5 Å². The van der Waals surface area contributed by atoms with Gasteiger partial charge in [0.05, 0.1) is 5.75 Å². The molecule has 28 heavy (non-hydrogen) atoms. The molecule has 0 atom stereocenters. The molecule has 150 valence electrons. The lowest BCUT2D eigenvalue weighted by Gasteiger charge is -2.34. The first kappa shape index (κ1) is 20.9. The summed E-state index contributed by atoms with van der Waals surface area (Å²) in [6.45, 7) is 3.23. The van der Waals surface area contributed by atoms with Crippen LogP contribution in [0.4, 0.5) is 0 Å². The van der Waals surface area contributed by atoms with Gasteiger partial charge < -0.3 is 4.90 Å². The maximum atomic E-state index is 12.7. The van der Waals surface area contributed by atoms with E-state index >= 15 is 0 Å². The molecule has 0 aliphatic carbocycles. The van der Waals surface area contributed by atoms with Crippen LogP contribution in [-0.2, 0) is 15.6 Å². The van der Waals surface area contributed by atoms with Crippen LogP contribution >= 0.6 is 11.8 Å². The Hall–Kier alpha value is -1.83. The molecule has 2 aromatic carbocycles. The number of amides is 1. The van der Waals surface area contributed by atoms with Crippen molar-refractivity contribution in [2.24, 2.45) is 0 Å². The molecule has 3 rings (SSSR count). The maximum absolute atomic E-state index is 12.7. The van der Waals surface area contributed by atoms with E-state index in [0.29, 0.717) is 38.3 Å². The molecule has 1 amide bonds. The van der Waals surface area contributed by atoms with Crippen molar-refractivity contribution < 1.29 is 13.2 Å². The van der Waals surface area contributed by atoms with Gasteiger partial charge in [0, 0.05) is 55.2 Å². The summed E-state index contributed by atoms with van der Waals surface area (Å²) in [5.74, 6) is 1.12. The molecule has 2 aromatic rings. The Morgan fingerprint density at radius 1 is 0.964 bits per heavy atom. The largest absolute Gasteiger partial charge is 0.336 e. The highest BCUT2D eigenvalue weighted by atomic mass is 32.2. The van der Waals surface area contributed by atoms with Crippen LogP contribution in [0.2, 0.25) is 0 Å². The fourth-order valence-electron chi connectivity index (χ4n) is 3.09. The lowest BCUT2D eigenvalue weighted by molar-refractivity contribution is 0.0644. The molecule has 0 saturated carbocycles. The number of rotatable bonds is 7. The van der Waals surface area contributed by atoms with Gasteiger partial charge in [-0.2, -0.15) is 0 Å². The standard InChI is InChI=1S/C21H26N2O3S2/c1-28(25,26)16-15-22-11-13-23(14-12-22)21(24)19-7-9-20(10-8-19)27-17-18-5-3-2-4-6-18/h2-10H,11-17H2,1H3. The molecule has 7 heteroatoms. The van der Waals surface area contributed by atoms with Crippen molar-refractivity contribution in [2.45, 2.75) is 10.6 Å². The summed E-state index contributed by atoms with van der Waals surface area (Å²) < 4.78 is 22.6. The highest BCUT2D eigenvalue weighted by Gasteiger charge is 2.22. The normalized spacial score (nSPS) is 15.5. The Kier molecular flexibility index (Phi) is 7.15. The van der Waals surface area contributed by atoms with E-state index in [9.17, 15) is 13.2 Å². The average molecular weight is 419 g/mol. The van der Waals surface area contributed by atoms with Gasteiger partial charge in [0.2, 0.25) is 0 Å². The third kappa shape index (κ3) is 6.36. The Morgan fingerprint density at radius 3 is 2.21 bits per heavy atom. The fourth-order valence-corrected chi connectivity index (χ4v) is 4.53. The molecule has 1 aliphatic heterocycles. The zero-order valence-electron chi connectivity index (χ0n) is 16.1. The highest BCUT2D eigenvalue weighted by molar-refractivity contribution is 7.98. The number of sulfone groups is 1. The molecule has 5 nitrogen and oxygen atoms in total. The van der Waals surface area contributed by atoms with Crippen LogP contribution in [0.15, 0.2) is 59.5 Å². The Bertz CT molecular complexity index is 876. The van der Waals surface area contributed by atoms with E-state index in [1.165, 1.54) is 11.8 Å². The zero-order chi connectivity index (χ0) is 20.0. The van der Waals surface area contributed by atoms with E-state index in [4.69, 9.17) is 0 Å². The van der Waals surface area contributed by atoms with E-state index < -0.39 is 9.84 Å². The van der Waals surface area contributed by atoms with Crippen LogP contribution in [-0.4, -0.2) is 68.9 Å². The molecule has 1 heterocycles. The van der Waals surface area contributed by atoms with E-state index in [1.54, 1.807) is 11.8 Å². The number of carbonyl (C=O) groups excluding carboxylic acids is 1. The van der Waals surface area contributed by atoms with Gasteiger partial charge in [-0.25, -0.2) is 8.42 Å². The molecule has 0 aromatic heterocycles. The van der Waals surface area contributed by atoms with Crippen molar-refractivity contribution in [1.82, 2.24) is 9.80 Å². The first-order valence-corrected chi connectivity index (χ1v) is 12.4. The van der Waals surface area contributed by atoms with Crippen LogP contribution in [0.1, 0.15) is 15.9 Å². The van der Waals surface area contributed by atoms with Crippen molar-refractivity contribution in [3.8, 4) is 0 Å². The van der Waals surface area contributed by atoms with Gasteiger partial charge in [-0.3, -0.25) is 9.69 Å². The Morgan fingerprint density at radius 2 is 1.61 bits per heavy atom. The first-order chi connectivity index (χ1) is 13.4. The van der Waals surface area contributed by atoms with Gasteiger partial charge in [0.15, 0.2) is 0 Å². The summed E-state index contributed by atoms with van der Waals surface area (Å²) in [6, 6.07) is 18.1.